The lowest BCUT2D eigenvalue weighted by Gasteiger charge is -2.11. The molecule has 2 N–H and O–H groups in total. The van der Waals surface area contributed by atoms with Crippen LogP contribution in [0.5, 0.6) is 0 Å². The van der Waals surface area contributed by atoms with E-state index >= 15 is 0 Å². The van der Waals surface area contributed by atoms with E-state index in [0.29, 0.717) is 9.47 Å². The Morgan fingerprint density at radius 3 is 2.63 bits per heavy atom. The molecule has 30 heavy (non-hydrogen) atoms. The van der Waals surface area contributed by atoms with Gasteiger partial charge in [-0.05, 0) is 36.6 Å². The van der Waals surface area contributed by atoms with Crippen LogP contribution < -0.4 is 10.6 Å². The largest absolute Gasteiger partial charge is 0.330 e. The summed E-state index contributed by atoms with van der Waals surface area (Å²) in [5, 5.41) is 14.9. The molecular formula is C20H22N4O3S3. The van der Waals surface area contributed by atoms with Crippen LogP contribution in [0.15, 0.2) is 51.7 Å². The molecule has 0 fully saturated rings. The summed E-state index contributed by atoms with van der Waals surface area (Å²) >= 11 is 2.62. The highest BCUT2D eigenvalue weighted by atomic mass is 32.2. The number of amides is 1. The van der Waals surface area contributed by atoms with Gasteiger partial charge >= 0.3 is 0 Å². The predicted molar refractivity (Wildman–Crippen MR) is 123 cm³/mol. The number of benzene rings is 2. The molecule has 1 heterocycles. The molecule has 3 aromatic rings. The van der Waals surface area contributed by atoms with Crippen molar-refractivity contribution < 1.29 is 13.2 Å². The zero-order valence-corrected chi connectivity index (χ0v) is 19.2. The van der Waals surface area contributed by atoms with Crippen molar-refractivity contribution in [3.05, 3.63) is 53.6 Å². The summed E-state index contributed by atoms with van der Waals surface area (Å²) in [6.07, 6.45) is 2.01. The van der Waals surface area contributed by atoms with E-state index in [4.69, 9.17) is 0 Å². The number of sulfone groups is 1. The van der Waals surface area contributed by atoms with Gasteiger partial charge in [-0.2, -0.15) is 0 Å². The first-order chi connectivity index (χ1) is 14.3. The van der Waals surface area contributed by atoms with Gasteiger partial charge in [0.25, 0.3) is 0 Å². The van der Waals surface area contributed by atoms with E-state index in [0.717, 1.165) is 23.9 Å². The van der Waals surface area contributed by atoms with Crippen molar-refractivity contribution in [1.29, 1.82) is 0 Å². The molecule has 0 spiro atoms. The standard InChI is InChI=1S/C20H22N4O3S3/c1-4-14-9-7-8-13(2)18(14)22-19-23-24-20(29-19)28-12-17(25)21-15-10-5-6-11-16(15)30(3,26)27/h5-11H,4,12H2,1-3H3,(H,21,25)(H,22,23). The van der Waals surface area contributed by atoms with Gasteiger partial charge in [0.1, 0.15) is 0 Å². The number of hydrogen-bond acceptors (Lipinski definition) is 8. The third-order valence-electron chi connectivity index (χ3n) is 4.27. The zero-order chi connectivity index (χ0) is 21.7. The molecule has 158 valence electrons. The van der Waals surface area contributed by atoms with Crippen LogP contribution in [0, 0.1) is 6.92 Å². The molecule has 0 radical (unpaired) electrons. The third-order valence-corrected chi connectivity index (χ3v) is 7.39. The molecule has 10 heteroatoms. The van der Waals surface area contributed by atoms with Crippen molar-refractivity contribution in [2.24, 2.45) is 0 Å². The summed E-state index contributed by atoms with van der Waals surface area (Å²) in [7, 11) is -3.43. The molecule has 2 aromatic carbocycles. The van der Waals surface area contributed by atoms with Crippen molar-refractivity contribution in [3.8, 4) is 0 Å². The molecule has 1 amide bonds. The minimum absolute atomic E-state index is 0.0933. The average molecular weight is 463 g/mol. The van der Waals surface area contributed by atoms with E-state index in [1.54, 1.807) is 18.2 Å². The highest BCUT2D eigenvalue weighted by Gasteiger charge is 2.15. The SMILES string of the molecule is CCc1cccc(C)c1Nc1nnc(SCC(=O)Nc2ccccc2S(C)(=O)=O)s1. The smallest absolute Gasteiger partial charge is 0.234 e. The second-order valence-electron chi connectivity index (χ2n) is 6.57. The van der Waals surface area contributed by atoms with Gasteiger partial charge in [0.15, 0.2) is 14.2 Å². The minimum atomic E-state index is -3.43. The molecule has 7 nitrogen and oxygen atoms in total. The summed E-state index contributed by atoms with van der Waals surface area (Å²) in [5.74, 6) is -0.218. The topological polar surface area (TPSA) is 101 Å². The fourth-order valence-electron chi connectivity index (χ4n) is 2.83. The number of hydrogen-bond donors (Lipinski definition) is 2. The van der Waals surface area contributed by atoms with Crippen LogP contribution in [-0.2, 0) is 21.1 Å². The molecule has 0 aliphatic heterocycles. The van der Waals surface area contributed by atoms with Crippen LogP contribution in [0.3, 0.4) is 0 Å². The van der Waals surface area contributed by atoms with Crippen LogP contribution in [0.2, 0.25) is 0 Å². The maximum Gasteiger partial charge on any atom is 0.234 e. The van der Waals surface area contributed by atoms with Crippen molar-refractivity contribution in [2.75, 3.05) is 22.6 Å². The Bertz CT molecular complexity index is 1160. The molecular weight excluding hydrogens is 440 g/mol. The third kappa shape index (κ3) is 5.59. The van der Waals surface area contributed by atoms with Crippen molar-refractivity contribution in [1.82, 2.24) is 10.2 Å². The van der Waals surface area contributed by atoms with E-state index in [2.05, 4.69) is 33.8 Å². The maximum atomic E-state index is 12.3. The molecule has 0 atom stereocenters. The number of thioether (sulfide) groups is 1. The van der Waals surface area contributed by atoms with Gasteiger partial charge < -0.3 is 10.6 Å². The Hall–Kier alpha value is -2.43. The number of carbonyl (C=O) groups excluding carboxylic acids is 1. The lowest BCUT2D eigenvalue weighted by Crippen LogP contribution is -2.16. The van der Waals surface area contributed by atoms with E-state index in [1.807, 2.05) is 19.1 Å². The normalized spacial score (nSPS) is 11.3. The molecule has 0 aliphatic carbocycles. The van der Waals surface area contributed by atoms with Gasteiger partial charge in [-0.25, -0.2) is 8.42 Å². The number of rotatable bonds is 8. The Morgan fingerprint density at radius 2 is 1.90 bits per heavy atom. The van der Waals surface area contributed by atoms with E-state index in [1.165, 1.54) is 34.7 Å². The first-order valence-corrected chi connectivity index (χ1v) is 12.9. The maximum absolute atomic E-state index is 12.3. The van der Waals surface area contributed by atoms with Gasteiger partial charge in [-0.15, -0.1) is 10.2 Å². The molecule has 0 saturated carbocycles. The Labute approximate surface area is 184 Å². The average Bonchev–Trinajstić information content (AvgIpc) is 3.15. The monoisotopic (exact) mass is 462 g/mol. The minimum Gasteiger partial charge on any atom is -0.330 e. The fourth-order valence-corrected chi connectivity index (χ4v) is 5.24. The van der Waals surface area contributed by atoms with Crippen LogP contribution in [0.4, 0.5) is 16.5 Å². The number of nitrogens with one attached hydrogen (secondary N) is 2. The zero-order valence-electron chi connectivity index (χ0n) is 16.8. The second kappa shape index (κ2) is 9.59. The molecule has 0 bridgehead atoms. The number of aromatic nitrogens is 2. The summed E-state index contributed by atoms with van der Waals surface area (Å²) in [6, 6.07) is 12.5. The fraction of sp³-hybridized carbons (Fsp3) is 0.250. The lowest BCUT2D eigenvalue weighted by molar-refractivity contribution is -0.113. The van der Waals surface area contributed by atoms with Crippen molar-refractivity contribution in [2.45, 2.75) is 29.5 Å². The predicted octanol–water partition coefficient (Wildman–Crippen LogP) is 4.29. The van der Waals surface area contributed by atoms with Gasteiger partial charge in [-0.1, -0.05) is 60.4 Å². The van der Waals surface area contributed by atoms with Crippen LogP contribution in [0.1, 0.15) is 18.1 Å². The Morgan fingerprint density at radius 1 is 1.13 bits per heavy atom. The molecule has 3 rings (SSSR count). The van der Waals surface area contributed by atoms with E-state index < -0.39 is 9.84 Å². The van der Waals surface area contributed by atoms with Crippen LogP contribution in [-0.4, -0.2) is 36.5 Å². The number of para-hydroxylation sites is 2. The summed E-state index contributed by atoms with van der Waals surface area (Å²) in [4.78, 5) is 12.4. The van der Waals surface area contributed by atoms with Gasteiger partial charge in [0, 0.05) is 11.9 Å². The summed E-state index contributed by atoms with van der Waals surface area (Å²) in [6.45, 7) is 4.14. The molecule has 0 aliphatic rings. The summed E-state index contributed by atoms with van der Waals surface area (Å²) < 4.78 is 24.4. The van der Waals surface area contributed by atoms with Crippen LogP contribution >= 0.6 is 23.1 Å². The first kappa shape index (κ1) is 22.3. The molecule has 0 unspecified atom stereocenters. The second-order valence-corrected chi connectivity index (χ2v) is 10.8. The number of carbonyl (C=O) groups is 1. The van der Waals surface area contributed by atoms with Crippen molar-refractivity contribution >= 4 is 55.3 Å². The number of anilines is 3. The van der Waals surface area contributed by atoms with Crippen LogP contribution in [0.25, 0.3) is 0 Å². The van der Waals surface area contributed by atoms with Gasteiger partial charge in [0.2, 0.25) is 11.0 Å². The van der Waals surface area contributed by atoms with Crippen molar-refractivity contribution in [3.63, 3.8) is 0 Å². The quantitative estimate of drug-likeness (QED) is 0.482. The first-order valence-electron chi connectivity index (χ1n) is 9.18. The highest BCUT2D eigenvalue weighted by molar-refractivity contribution is 8.01. The lowest BCUT2D eigenvalue weighted by atomic mass is 10.1. The Kier molecular flexibility index (Phi) is 7.11. The number of nitrogens with zero attached hydrogens (tertiary/aromatic N) is 2. The van der Waals surface area contributed by atoms with Gasteiger partial charge in [-0.3, -0.25) is 4.79 Å². The number of aryl methyl sites for hydroxylation is 2. The Balaban J connectivity index is 1.62. The van der Waals surface area contributed by atoms with Gasteiger partial charge in [0.05, 0.1) is 16.3 Å². The molecule has 0 saturated heterocycles. The molecule has 1 aromatic heterocycles. The highest BCUT2D eigenvalue weighted by Crippen LogP contribution is 2.31. The van der Waals surface area contributed by atoms with E-state index in [-0.39, 0.29) is 22.2 Å². The summed E-state index contributed by atoms with van der Waals surface area (Å²) in [5.41, 5.74) is 3.63. The van der Waals surface area contributed by atoms with E-state index in [9.17, 15) is 13.2 Å².